The van der Waals surface area contributed by atoms with Crippen molar-refractivity contribution in [2.24, 2.45) is 0 Å². The van der Waals surface area contributed by atoms with Crippen LogP contribution in [0.15, 0.2) is 41.3 Å². The zero-order chi connectivity index (χ0) is 13.0. The maximum atomic E-state index is 12.0. The van der Waals surface area contributed by atoms with Crippen LogP contribution in [0.1, 0.15) is 18.5 Å². The van der Waals surface area contributed by atoms with Gasteiger partial charge in [0.1, 0.15) is 0 Å². The second-order valence-corrected chi connectivity index (χ2v) is 5.05. The zero-order valence-corrected chi connectivity index (χ0v) is 10.6. The second-order valence-electron chi connectivity index (χ2n) is 5.05. The van der Waals surface area contributed by atoms with Crippen molar-refractivity contribution in [3.05, 3.63) is 52.4 Å². The van der Waals surface area contributed by atoms with Crippen LogP contribution in [0.3, 0.4) is 0 Å². The van der Waals surface area contributed by atoms with E-state index in [-0.39, 0.29) is 11.6 Å². The van der Waals surface area contributed by atoms with Gasteiger partial charge < -0.3 is 4.98 Å². The molecule has 0 saturated heterocycles. The molecule has 19 heavy (non-hydrogen) atoms. The molecule has 2 aromatic heterocycles. The molecule has 3 aromatic rings. The Morgan fingerprint density at radius 2 is 2.16 bits per heavy atom. The third kappa shape index (κ3) is 1.34. The van der Waals surface area contributed by atoms with Gasteiger partial charge in [0, 0.05) is 29.2 Å². The van der Waals surface area contributed by atoms with Crippen molar-refractivity contribution < 1.29 is 0 Å². The van der Waals surface area contributed by atoms with Crippen LogP contribution in [0, 0.1) is 0 Å². The number of H-pyrrole nitrogens is 1. The monoisotopic (exact) mass is 251 g/mol. The molecule has 0 amide bonds. The molecule has 4 heteroatoms. The van der Waals surface area contributed by atoms with Gasteiger partial charge in [-0.2, -0.15) is 0 Å². The van der Waals surface area contributed by atoms with Gasteiger partial charge in [-0.1, -0.05) is 18.2 Å². The van der Waals surface area contributed by atoms with Crippen LogP contribution in [0.25, 0.3) is 22.4 Å². The molecule has 4 nitrogen and oxygen atoms in total. The van der Waals surface area contributed by atoms with Gasteiger partial charge in [0.15, 0.2) is 5.82 Å². The first kappa shape index (κ1) is 10.6. The fourth-order valence-electron chi connectivity index (χ4n) is 3.02. The Kier molecular flexibility index (Phi) is 1.98. The minimum atomic E-state index is 0.0156. The third-order valence-corrected chi connectivity index (χ3v) is 3.86. The van der Waals surface area contributed by atoms with Crippen LogP contribution in [0.2, 0.25) is 0 Å². The topological polar surface area (TPSA) is 50.7 Å². The van der Waals surface area contributed by atoms with Crippen LogP contribution in [0.5, 0.6) is 0 Å². The fraction of sp³-hybridized carbons (Fsp3) is 0.200. The highest BCUT2D eigenvalue weighted by Gasteiger charge is 2.26. The standard InChI is InChI=1S/C15H13N3O/c1-9-8-11-10-4-2-3-5-12(10)17-14(11)15-16-7-6-13(19)18(9)15/h2-7,9,17H,8H2,1H3. The Hall–Kier alpha value is -2.36. The minimum Gasteiger partial charge on any atom is -0.352 e. The van der Waals surface area contributed by atoms with Gasteiger partial charge in [0.2, 0.25) is 0 Å². The Bertz CT molecular complexity index is 844. The molecule has 0 radical (unpaired) electrons. The SMILES string of the molecule is CC1Cc2c([nH]c3ccccc23)-c2nccc(=O)n21. The fourth-order valence-corrected chi connectivity index (χ4v) is 3.02. The summed E-state index contributed by atoms with van der Waals surface area (Å²) in [5, 5.41) is 1.23. The van der Waals surface area contributed by atoms with Crippen LogP contribution >= 0.6 is 0 Å². The molecular formula is C15H13N3O. The molecule has 1 aromatic carbocycles. The van der Waals surface area contributed by atoms with Gasteiger partial charge in [0.25, 0.3) is 5.56 Å². The summed E-state index contributed by atoms with van der Waals surface area (Å²) in [6.45, 7) is 2.07. The summed E-state index contributed by atoms with van der Waals surface area (Å²) in [6, 6.07) is 9.90. The van der Waals surface area contributed by atoms with E-state index in [0.717, 1.165) is 23.5 Å². The average molecular weight is 251 g/mol. The predicted octanol–water partition coefficient (Wildman–Crippen LogP) is 2.51. The van der Waals surface area contributed by atoms with E-state index in [1.807, 2.05) is 12.1 Å². The number of hydrogen-bond donors (Lipinski definition) is 1. The van der Waals surface area contributed by atoms with Crippen molar-refractivity contribution in [2.45, 2.75) is 19.4 Å². The van der Waals surface area contributed by atoms with Gasteiger partial charge >= 0.3 is 0 Å². The van der Waals surface area contributed by atoms with Gasteiger partial charge in [-0.3, -0.25) is 9.36 Å². The maximum Gasteiger partial charge on any atom is 0.254 e. The first-order valence-electron chi connectivity index (χ1n) is 6.43. The summed E-state index contributed by atoms with van der Waals surface area (Å²) in [6.07, 6.45) is 2.44. The number of aromatic amines is 1. The Morgan fingerprint density at radius 1 is 1.32 bits per heavy atom. The zero-order valence-electron chi connectivity index (χ0n) is 10.6. The van der Waals surface area contributed by atoms with Gasteiger partial charge in [-0.25, -0.2) is 4.98 Å². The summed E-state index contributed by atoms with van der Waals surface area (Å²) < 4.78 is 1.78. The number of para-hydroxylation sites is 1. The van der Waals surface area contributed by atoms with E-state index in [0.29, 0.717) is 0 Å². The largest absolute Gasteiger partial charge is 0.352 e. The van der Waals surface area contributed by atoms with E-state index in [2.05, 4.69) is 29.0 Å². The van der Waals surface area contributed by atoms with Crippen molar-refractivity contribution in [3.8, 4) is 11.5 Å². The Morgan fingerprint density at radius 3 is 3.05 bits per heavy atom. The predicted molar refractivity (Wildman–Crippen MR) is 74.2 cm³/mol. The highest BCUT2D eigenvalue weighted by atomic mass is 16.1. The molecule has 1 aliphatic rings. The molecule has 4 rings (SSSR count). The molecule has 1 aliphatic heterocycles. The van der Waals surface area contributed by atoms with E-state index in [1.165, 1.54) is 17.0 Å². The molecule has 1 atom stereocenters. The first-order chi connectivity index (χ1) is 9.25. The van der Waals surface area contributed by atoms with E-state index < -0.39 is 0 Å². The van der Waals surface area contributed by atoms with E-state index in [4.69, 9.17) is 0 Å². The molecule has 3 heterocycles. The Balaban J connectivity index is 2.14. The van der Waals surface area contributed by atoms with Gasteiger partial charge in [-0.05, 0) is 25.0 Å². The average Bonchev–Trinajstić information content (AvgIpc) is 2.78. The molecule has 1 N–H and O–H groups in total. The smallest absolute Gasteiger partial charge is 0.254 e. The maximum absolute atomic E-state index is 12.0. The van der Waals surface area contributed by atoms with Crippen LogP contribution in [0.4, 0.5) is 0 Å². The summed E-state index contributed by atoms with van der Waals surface area (Å²) in [7, 11) is 0. The molecule has 0 fully saturated rings. The lowest BCUT2D eigenvalue weighted by molar-refractivity contribution is 0.513. The van der Waals surface area contributed by atoms with Crippen LogP contribution in [-0.4, -0.2) is 14.5 Å². The van der Waals surface area contributed by atoms with Crippen molar-refractivity contribution in [2.75, 3.05) is 0 Å². The highest BCUT2D eigenvalue weighted by molar-refractivity contribution is 5.90. The quantitative estimate of drug-likeness (QED) is 0.667. The first-order valence-corrected chi connectivity index (χ1v) is 6.43. The number of nitrogens with one attached hydrogen (secondary N) is 1. The summed E-state index contributed by atoms with van der Waals surface area (Å²) in [5.41, 5.74) is 3.37. The lowest BCUT2D eigenvalue weighted by Crippen LogP contribution is -2.29. The van der Waals surface area contributed by atoms with Gasteiger partial charge in [0.05, 0.1) is 5.69 Å². The number of rotatable bonds is 0. The number of aromatic nitrogens is 3. The Labute approximate surface area is 109 Å². The molecule has 0 bridgehead atoms. The highest BCUT2D eigenvalue weighted by Crippen LogP contribution is 2.35. The number of nitrogens with zero attached hydrogens (tertiary/aromatic N) is 2. The normalized spacial score (nSPS) is 17.2. The van der Waals surface area contributed by atoms with E-state index in [1.54, 1.807) is 10.8 Å². The molecule has 0 saturated carbocycles. The van der Waals surface area contributed by atoms with Gasteiger partial charge in [-0.15, -0.1) is 0 Å². The summed E-state index contributed by atoms with van der Waals surface area (Å²) in [4.78, 5) is 19.8. The van der Waals surface area contributed by atoms with E-state index >= 15 is 0 Å². The lowest BCUT2D eigenvalue weighted by Gasteiger charge is -2.23. The van der Waals surface area contributed by atoms with Crippen molar-refractivity contribution in [1.29, 1.82) is 0 Å². The molecule has 0 aliphatic carbocycles. The van der Waals surface area contributed by atoms with Crippen molar-refractivity contribution in [3.63, 3.8) is 0 Å². The van der Waals surface area contributed by atoms with Crippen molar-refractivity contribution >= 4 is 10.9 Å². The molecule has 0 spiro atoms. The minimum absolute atomic E-state index is 0.0156. The van der Waals surface area contributed by atoms with Crippen LogP contribution < -0.4 is 5.56 Å². The van der Waals surface area contributed by atoms with Crippen molar-refractivity contribution in [1.82, 2.24) is 14.5 Å². The molecule has 94 valence electrons. The second kappa shape index (κ2) is 3.57. The lowest BCUT2D eigenvalue weighted by atomic mass is 9.99. The van der Waals surface area contributed by atoms with Crippen LogP contribution in [-0.2, 0) is 6.42 Å². The van der Waals surface area contributed by atoms with E-state index in [9.17, 15) is 4.79 Å². The molecular weight excluding hydrogens is 238 g/mol. The number of benzene rings is 1. The number of fused-ring (bicyclic) bond motifs is 5. The number of hydrogen-bond acceptors (Lipinski definition) is 2. The summed E-state index contributed by atoms with van der Waals surface area (Å²) in [5.74, 6) is 0.748. The third-order valence-electron chi connectivity index (χ3n) is 3.86. The summed E-state index contributed by atoms with van der Waals surface area (Å²) >= 11 is 0. The molecule has 1 unspecified atom stereocenters.